The van der Waals surface area contributed by atoms with Crippen LogP contribution in [-0.2, 0) is 51.7 Å². The van der Waals surface area contributed by atoms with Crippen molar-refractivity contribution in [2.75, 3.05) is 29.5 Å². The van der Waals surface area contributed by atoms with Crippen LogP contribution in [0.4, 0.5) is 11.4 Å². The van der Waals surface area contributed by atoms with E-state index in [2.05, 4.69) is 69.1 Å². The highest BCUT2D eigenvalue weighted by atomic mass is 32.2. The summed E-state index contributed by atoms with van der Waals surface area (Å²) >= 11 is 2.61. The third-order valence-electron chi connectivity index (χ3n) is 11.8. The number of hydrogen-bond donors (Lipinski definition) is 3. The van der Waals surface area contributed by atoms with Crippen LogP contribution >= 0.6 is 23.8 Å². The number of fused-ring (bicyclic) bond motifs is 2. The Bertz CT molecular complexity index is 2580. The molecular formula is C46H54N2O11S4. The van der Waals surface area contributed by atoms with Gasteiger partial charge in [-0.2, -0.15) is 25.7 Å². The topological polar surface area (TPSA) is 194 Å². The number of nitrogens with zero attached hydrogens (tertiary/aromatic N) is 2. The van der Waals surface area contributed by atoms with Crippen molar-refractivity contribution in [1.82, 2.24) is 0 Å². The first-order chi connectivity index (χ1) is 29.8. The number of thioether (sulfide) groups is 1. The monoisotopic (exact) mass is 938 g/mol. The van der Waals surface area contributed by atoms with Crippen molar-refractivity contribution in [3.63, 3.8) is 0 Å². The van der Waals surface area contributed by atoms with Crippen LogP contribution in [0.15, 0.2) is 123 Å². The van der Waals surface area contributed by atoms with Gasteiger partial charge in [-0.15, -0.1) is 0 Å². The van der Waals surface area contributed by atoms with Gasteiger partial charge in [0, 0.05) is 75.1 Å². The van der Waals surface area contributed by atoms with Crippen molar-refractivity contribution in [1.29, 1.82) is 0 Å². The molecule has 0 bridgehead atoms. The van der Waals surface area contributed by atoms with Crippen LogP contribution in [0.1, 0.15) is 89.3 Å². The molecule has 17 heteroatoms. The van der Waals surface area contributed by atoms with Gasteiger partial charge in [0.15, 0.2) is 5.71 Å². The molecule has 1 aliphatic carbocycles. The third kappa shape index (κ3) is 11.8. The van der Waals surface area contributed by atoms with Crippen molar-refractivity contribution in [2.24, 2.45) is 0 Å². The van der Waals surface area contributed by atoms with E-state index in [4.69, 9.17) is 0 Å². The van der Waals surface area contributed by atoms with E-state index in [0.717, 1.165) is 94.4 Å². The summed E-state index contributed by atoms with van der Waals surface area (Å²) in [4.78, 5) is 15.3. The summed E-state index contributed by atoms with van der Waals surface area (Å²) in [6.45, 7) is 9.60. The van der Waals surface area contributed by atoms with Gasteiger partial charge in [0.05, 0.1) is 22.5 Å². The second-order valence-electron chi connectivity index (χ2n) is 16.9. The predicted molar refractivity (Wildman–Crippen MR) is 245 cm³/mol. The summed E-state index contributed by atoms with van der Waals surface area (Å²) < 4.78 is 73.7. The number of benzene rings is 3. The molecule has 13 nitrogen and oxygen atoms in total. The van der Waals surface area contributed by atoms with Crippen LogP contribution in [0, 0.1) is 0 Å². The van der Waals surface area contributed by atoms with E-state index in [1.807, 2.05) is 50.3 Å². The minimum Gasteiger partial charge on any atom is -0.691 e. The van der Waals surface area contributed by atoms with Gasteiger partial charge in [-0.25, -0.2) is 0 Å². The molecule has 6 rings (SSSR count). The average molecular weight is 939 g/mol. The molecule has 2 aliphatic heterocycles. The number of aliphatic carboxylic acids is 1. The molecular weight excluding hydrogens is 885 g/mol. The van der Waals surface area contributed by atoms with E-state index in [1.165, 1.54) is 17.7 Å². The molecule has 0 amide bonds. The van der Waals surface area contributed by atoms with Gasteiger partial charge < -0.3 is 15.3 Å². The van der Waals surface area contributed by atoms with Crippen LogP contribution in [0.25, 0.3) is 0 Å². The van der Waals surface area contributed by atoms with Crippen LogP contribution < -0.4 is 10.2 Å². The Labute approximate surface area is 378 Å². The lowest BCUT2D eigenvalue weighted by Gasteiger charge is -2.27. The average Bonchev–Trinajstić information content (AvgIpc) is 3.57. The van der Waals surface area contributed by atoms with E-state index < -0.39 is 31.6 Å². The lowest BCUT2D eigenvalue weighted by Crippen LogP contribution is -2.28. The Balaban J connectivity index is 1.43. The smallest absolute Gasteiger partial charge is 0.307 e. The number of carbonyl (C=O) groups is 1. The SMILES string of the molecule is CC1(C)C(/C=C/C2=C(Sc3ccc(CC(=O)O)cc3)C(=C/C=C3/N(CCCCS(=O)(=O)O)c4ccc(S(=O)(=O)O)cc4C3(C)C)/CCC2)=[N+](CCCCSOO[O-])c2ccccc21. The molecule has 0 saturated carbocycles. The summed E-state index contributed by atoms with van der Waals surface area (Å²) in [6, 6.07) is 20.5. The van der Waals surface area contributed by atoms with Crippen molar-refractivity contribution in [3.8, 4) is 0 Å². The lowest BCUT2D eigenvalue weighted by molar-refractivity contribution is -0.777. The summed E-state index contributed by atoms with van der Waals surface area (Å²) in [6.07, 6.45) is 13.3. The van der Waals surface area contributed by atoms with Crippen LogP contribution in [0.2, 0.25) is 0 Å². The first-order valence-corrected chi connectivity index (χ1v) is 25.6. The van der Waals surface area contributed by atoms with Gasteiger partial charge in [-0.3, -0.25) is 18.9 Å². The zero-order chi connectivity index (χ0) is 45.6. The summed E-state index contributed by atoms with van der Waals surface area (Å²) in [5.41, 5.74) is 7.75. The molecule has 3 aliphatic rings. The van der Waals surface area contributed by atoms with Crippen molar-refractivity contribution >= 4 is 67.1 Å². The third-order valence-corrected chi connectivity index (χ3v) is 15.3. The van der Waals surface area contributed by atoms with Gasteiger partial charge in [0.25, 0.3) is 20.2 Å². The molecule has 338 valence electrons. The minimum absolute atomic E-state index is 0.0783. The Hall–Kier alpha value is -4.04. The first-order valence-electron chi connectivity index (χ1n) is 20.8. The molecule has 3 N–H and O–H groups in total. The highest BCUT2D eigenvalue weighted by Crippen LogP contribution is 2.49. The molecule has 0 spiro atoms. The molecule has 0 saturated heterocycles. The minimum atomic E-state index is -4.49. The first kappa shape index (κ1) is 48.4. The summed E-state index contributed by atoms with van der Waals surface area (Å²) in [5.74, 6) is -0.669. The molecule has 3 aromatic carbocycles. The Kier molecular flexibility index (Phi) is 15.7. The highest BCUT2D eigenvalue weighted by molar-refractivity contribution is 8.03. The van der Waals surface area contributed by atoms with E-state index in [1.54, 1.807) is 17.8 Å². The van der Waals surface area contributed by atoms with E-state index >= 15 is 0 Å². The zero-order valence-corrected chi connectivity index (χ0v) is 39.0. The van der Waals surface area contributed by atoms with Crippen molar-refractivity contribution < 1.29 is 55.0 Å². The predicted octanol–water partition coefficient (Wildman–Crippen LogP) is 8.65. The van der Waals surface area contributed by atoms with Crippen LogP contribution in [-0.4, -0.2) is 71.9 Å². The molecule has 2 heterocycles. The maximum atomic E-state index is 12.2. The fourth-order valence-corrected chi connectivity index (χ4v) is 11.3. The summed E-state index contributed by atoms with van der Waals surface area (Å²) in [7, 11) is -8.64. The maximum absolute atomic E-state index is 12.2. The fourth-order valence-electron chi connectivity index (χ4n) is 8.66. The molecule has 0 fully saturated rings. The Morgan fingerprint density at radius 2 is 1.63 bits per heavy atom. The second kappa shape index (κ2) is 20.4. The molecule has 3 aromatic rings. The van der Waals surface area contributed by atoms with Gasteiger partial charge in [-0.1, -0.05) is 68.1 Å². The zero-order valence-electron chi connectivity index (χ0n) is 35.8. The Morgan fingerprint density at radius 3 is 2.33 bits per heavy atom. The number of para-hydroxylation sites is 1. The van der Waals surface area contributed by atoms with Crippen LogP contribution in [0.3, 0.4) is 0 Å². The molecule has 0 unspecified atom stereocenters. The van der Waals surface area contributed by atoms with Crippen LogP contribution in [0.5, 0.6) is 0 Å². The largest absolute Gasteiger partial charge is 0.691 e. The molecule has 63 heavy (non-hydrogen) atoms. The number of carboxylic acid groups (broad SMARTS) is 1. The number of hydrogen-bond acceptors (Lipinski definition) is 11. The Morgan fingerprint density at radius 1 is 0.889 bits per heavy atom. The highest BCUT2D eigenvalue weighted by Gasteiger charge is 2.44. The van der Waals surface area contributed by atoms with Gasteiger partial charge in [-0.05, 0) is 111 Å². The quantitative estimate of drug-likeness (QED) is 0.0243. The standard InChI is InChI=1S/C46H54N2O11S4/c1-45(2)37-14-5-6-15-39(37)47(26-7-9-28-60-59-58-51)41(45)24-18-33-12-11-13-34(44(33)61-35-20-16-32(17-21-35)30-43(49)50)19-25-42-46(3,4)38-31-36(63(55,56)57)22-23-40(38)48(42)27-8-10-29-62(52,53)54/h5-6,14-25,31H,7-13,26-30H2,1-4H3,(H3-,49,50,51,52,53,54,55,56,57). The van der Waals surface area contributed by atoms with Gasteiger partial charge in [0.1, 0.15) is 6.54 Å². The van der Waals surface area contributed by atoms with Crippen molar-refractivity contribution in [2.45, 2.75) is 99.7 Å². The lowest BCUT2D eigenvalue weighted by atomic mass is 9.81. The van der Waals surface area contributed by atoms with E-state index in [9.17, 15) is 41.1 Å². The normalized spacial score (nSPS) is 18.6. The van der Waals surface area contributed by atoms with E-state index in [-0.39, 0.29) is 28.9 Å². The summed E-state index contributed by atoms with van der Waals surface area (Å²) in [5, 5.41) is 23.1. The number of allylic oxidation sites excluding steroid dienone is 7. The number of anilines is 1. The molecule has 0 atom stereocenters. The molecule has 0 aromatic heterocycles. The number of rotatable bonds is 20. The number of unbranched alkanes of at least 4 members (excludes halogenated alkanes) is 2. The van der Waals surface area contributed by atoms with Gasteiger partial charge >= 0.3 is 5.97 Å². The van der Waals surface area contributed by atoms with E-state index in [0.29, 0.717) is 29.8 Å². The second-order valence-corrected chi connectivity index (χ2v) is 21.7. The molecule has 0 radical (unpaired) electrons. The fraction of sp³-hybridized carbons (Fsp3) is 0.391. The van der Waals surface area contributed by atoms with Crippen molar-refractivity contribution in [3.05, 3.63) is 129 Å². The maximum Gasteiger partial charge on any atom is 0.307 e. The van der Waals surface area contributed by atoms with Gasteiger partial charge in [0.2, 0.25) is 5.69 Å². The number of carboxylic acids is 1.